The Kier molecular flexibility index (Phi) is 4.22. The first-order chi connectivity index (χ1) is 10.7. The van der Waals surface area contributed by atoms with Crippen LogP contribution in [0.4, 0.5) is 0 Å². The van der Waals surface area contributed by atoms with Crippen LogP contribution in [-0.4, -0.2) is 30.8 Å². The summed E-state index contributed by atoms with van der Waals surface area (Å²) in [6.07, 6.45) is 2.76. The van der Waals surface area contributed by atoms with Gasteiger partial charge in [0, 0.05) is 12.7 Å². The SMILES string of the molecule is CCc1nn(C)c(-c2nnc(SC)n2-c2ccccc2)c1Cl. The lowest BCUT2D eigenvalue weighted by Crippen LogP contribution is -2.03. The molecule has 0 aliphatic carbocycles. The molecule has 0 amide bonds. The van der Waals surface area contributed by atoms with E-state index in [9.17, 15) is 0 Å². The van der Waals surface area contributed by atoms with Gasteiger partial charge in [0.05, 0.1) is 10.7 Å². The first-order valence-corrected chi connectivity index (χ1v) is 8.54. The summed E-state index contributed by atoms with van der Waals surface area (Å²) in [4.78, 5) is 0. The maximum absolute atomic E-state index is 6.50. The van der Waals surface area contributed by atoms with Crippen LogP contribution >= 0.6 is 23.4 Å². The Labute approximate surface area is 138 Å². The highest BCUT2D eigenvalue weighted by molar-refractivity contribution is 7.98. The van der Waals surface area contributed by atoms with E-state index in [0.29, 0.717) is 10.8 Å². The number of aryl methyl sites for hydroxylation is 2. The van der Waals surface area contributed by atoms with Gasteiger partial charge in [-0.25, -0.2) is 0 Å². The van der Waals surface area contributed by atoms with Crippen LogP contribution in [0.5, 0.6) is 0 Å². The van der Waals surface area contributed by atoms with Gasteiger partial charge < -0.3 is 0 Å². The normalized spacial score (nSPS) is 11.1. The van der Waals surface area contributed by atoms with Crippen molar-refractivity contribution in [1.82, 2.24) is 24.5 Å². The van der Waals surface area contributed by atoms with Crippen LogP contribution in [0.3, 0.4) is 0 Å². The molecule has 2 heterocycles. The van der Waals surface area contributed by atoms with Gasteiger partial charge in [0.25, 0.3) is 0 Å². The van der Waals surface area contributed by atoms with Crippen LogP contribution in [0.1, 0.15) is 12.6 Å². The van der Waals surface area contributed by atoms with Crippen LogP contribution in [-0.2, 0) is 13.5 Å². The van der Waals surface area contributed by atoms with E-state index in [0.717, 1.165) is 28.7 Å². The predicted molar refractivity (Wildman–Crippen MR) is 89.7 cm³/mol. The van der Waals surface area contributed by atoms with Crippen LogP contribution in [0, 0.1) is 0 Å². The molecule has 114 valence electrons. The molecule has 3 rings (SSSR count). The molecule has 3 aromatic rings. The smallest absolute Gasteiger partial charge is 0.195 e. The van der Waals surface area contributed by atoms with Crippen molar-refractivity contribution in [3.8, 4) is 17.2 Å². The zero-order valence-electron chi connectivity index (χ0n) is 12.6. The van der Waals surface area contributed by atoms with E-state index in [1.807, 2.05) is 55.1 Å². The zero-order valence-corrected chi connectivity index (χ0v) is 14.2. The van der Waals surface area contributed by atoms with Crippen LogP contribution in [0.2, 0.25) is 5.02 Å². The number of hydrogen-bond acceptors (Lipinski definition) is 4. The lowest BCUT2D eigenvalue weighted by molar-refractivity contribution is 0.745. The van der Waals surface area contributed by atoms with Crippen molar-refractivity contribution < 1.29 is 0 Å². The van der Waals surface area contributed by atoms with Gasteiger partial charge in [-0.1, -0.05) is 48.5 Å². The lowest BCUT2D eigenvalue weighted by atomic mass is 10.2. The van der Waals surface area contributed by atoms with E-state index in [2.05, 4.69) is 15.3 Å². The minimum Gasteiger partial charge on any atom is -0.269 e. The topological polar surface area (TPSA) is 48.5 Å². The summed E-state index contributed by atoms with van der Waals surface area (Å²) >= 11 is 8.05. The average Bonchev–Trinajstić information content (AvgIpc) is 3.08. The van der Waals surface area contributed by atoms with Gasteiger partial charge in [0.15, 0.2) is 11.0 Å². The monoisotopic (exact) mass is 333 g/mol. The zero-order chi connectivity index (χ0) is 15.7. The van der Waals surface area contributed by atoms with E-state index in [1.54, 1.807) is 16.4 Å². The predicted octanol–water partition coefficient (Wildman–Crippen LogP) is 3.61. The highest BCUT2D eigenvalue weighted by Gasteiger charge is 2.22. The molecule has 0 aliphatic rings. The van der Waals surface area contributed by atoms with E-state index in [-0.39, 0.29) is 0 Å². The molecular weight excluding hydrogens is 318 g/mol. The molecule has 5 nitrogen and oxygen atoms in total. The summed E-state index contributed by atoms with van der Waals surface area (Å²) in [6.45, 7) is 2.03. The molecule has 0 spiro atoms. The summed E-state index contributed by atoms with van der Waals surface area (Å²) in [5.41, 5.74) is 2.66. The number of benzene rings is 1. The fraction of sp³-hybridized carbons (Fsp3) is 0.267. The quantitative estimate of drug-likeness (QED) is 0.684. The maximum Gasteiger partial charge on any atom is 0.195 e. The summed E-state index contributed by atoms with van der Waals surface area (Å²) in [5.74, 6) is 0.704. The fourth-order valence-electron chi connectivity index (χ4n) is 2.39. The van der Waals surface area contributed by atoms with E-state index in [1.165, 1.54) is 0 Å². The second kappa shape index (κ2) is 6.14. The largest absolute Gasteiger partial charge is 0.269 e. The second-order valence-corrected chi connectivity index (χ2v) is 5.92. The molecule has 0 unspecified atom stereocenters. The number of thioether (sulfide) groups is 1. The number of halogens is 1. The standard InChI is InChI=1S/C15H16ClN5S/c1-4-11-12(16)13(20(2)19-11)14-17-18-15(22-3)21(14)10-8-6-5-7-9-10/h5-9H,4H2,1-3H3. The molecular formula is C15H16ClN5S. The first kappa shape index (κ1) is 15.1. The fourth-order valence-corrected chi connectivity index (χ4v) is 3.26. The molecule has 0 radical (unpaired) electrons. The van der Waals surface area contributed by atoms with E-state index < -0.39 is 0 Å². The molecule has 0 bridgehead atoms. The van der Waals surface area contributed by atoms with E-state index in [4.69, 9.17) is 11.6 Å². The van der Waals surface area contributed by atoms with Crippen molar-refractivity contribution in [2.24, 2.45) is 7.05 Å². The molecule has 22 heavy (non-hydrogen) atoms. The Balaban J connectivity index is 2.25. The first-order valence-electron chi connectivity index (χ1n) is 6.94. The molecule has 0 N–H and O–H groups in total. The maximum atomic E-state index is 6.50. The molecule has 2 aromatic heterocycles. The van der Waals surface area contributed by atoms with Gasteiger partial charge in [-0.2, -0.15) is 5.10 Å². The summed E-state index contributed by atoms with van der Waals surface area (Å²) in [6, 6.07) is 10.0. The Bertz CT molecular complexity index is 794. The van der Waals surface area contributed by atoms with Crippen molar-refractivity contribution in [3.05, 3.63) is 41.0 Å². The third kappa shape index (κ3) is 2.42. The van der Waals surface area contributed by atoms with Crippen molar-refractivity contribution in [2.75, 3.05) is 6.26 Å². The minimum atomic E-state index is 0.641. The molecule has 7 heteroatoms. The van der Waals surface area contributed by atoms with Gasteiger partial charge in [-0.05, 0) is 24.8 Å². The highest BCUT2D eigenvalue weighted by atomic mass is 35.5. The van der Waals surface area contributed by atoms with Crippen molar-refractivity contribution in [2.45, 2.75) is 18.5 Å². The minimum absolute atomic E-state index is 0.641. The molecule has 0 saturated carbocycles. The number of hydrogen-bond donors (Lipinski definition) is 0. The Morgan fingerprint density at radius 2 is 1.91 bits per heavy atom. The number of rotatable bonds is 4. The molecule has 0 atom stereocenters. The molecule has 0 fully saturated rings. The Hall–Kier alpha value is -1.79. The van der Waals surface area contributed by atoms with Gasteiger partial charge in [0.1, 0.15) is 5.69 Å². The van der Waals surface area contributed by atoms with Crippen molar-refractivity contribution >= 4 is 23.4 Å². The number of para-hydroxylation sites is 1. The van der Waals surface area contributed by atoms with Gasteiger partial charge >= 0.3 is 0 Å². The Morgan fingerprint density at radius 3 is 2.50 bits per heavy atom. The average molecular weight is 334 g/mol. The van der Waals surface area contributed by atoms with Crippen molar-refractivity contribution in [1.29, 1.82) is 0 Å². The van der Waals surface area contributed by atoms with Crippen LogP contribution in [0.25, 0.3) is 17.2 Å². The summed E-state index contributed by atoms with van der Waals surface area (Å²) < 4.78 is 3.78. The molecule has 1 aromatic carbocycles. The lowest BCUT2D eigenvalue weighted by Gasteiger charge is -2.09. The number of nitrogens with zero attached hydrogens (tertiary/aromatic N) is 5. The third-order valence-corrected chi connectivity index (χ3v) is 4.46. The van der Waals surface area contributed by atoms with Crippen molar-refractivity contribution in [3.63, 3.8) is 0 Å². The highest BCUT2D eigenvalue weighted by Crippen LogP contribution is 2.33. The number of aromatic nitrogens is 5. The van der Waals surface area contributed by atoms with Gasteiger partial charge in [0.2, 0.25) is 0 Å². The summed E-state index contributed by atoms with van der Waals surface area (Å²) in [5, 5.41) is 14.6. The molecule has 0 saturated heterocycles. The second-order valence-electron chi connectivity index (χ2n) is 4.77. The summed E-state index contributed by atoms with van der Waals surface area (Å²) in [7, 11) is 1.88. The van der Waals surface area contributed by atoms with Crippen LogP contribution in [0.15, 0.2) is 35.5 Å². The third-order valence-electron chi connectivity index (χ3n) is 3.43. The molecule has 0 aliphatic heterocycles. The van der Waals surface area contributed by atoms with E-state index >= 15 is 0 Å². The van der Waals surface area contributed by atoms with Crippen LogP contribution < -0.4 is 0 Å². The van der Waals surface area contributed by atoms with Gasteiger partial charge in [-0.15, -0.1) is 10.2 Å². The Morgan fingerprint density at radius 1 is 1.18 bits per heavy atom. The van der Waals surface area contributed by atoms with Gasteiger partial charge in [-0.3, -0.25) is 9.25 Å².